The van der Waals surface area contributed by atoms with Crippen molar-refractivity contribution in [2.24, 2.45) is 5.92 Å². The van der Waals surface area contributed by atoms with Gasteiger partial charge in [-0.2, -0.15) is 0 Å². The van der Waals surface area contributed by atoms with E-state index >= 15 is 0 Å². The third-order valence-corrected chi connectivity index (χ3v) is 7.38. The number of hydrogen-bond donors (Lipinski definition) is 1. The van der Waals surface area contributed by atoms with E-state index in [1.165, 1.54) is 17.5 Å². The molecule has 5 heteroatoms. The summed E-state index contributed by atoms with van der Waals surface area (Å²) in [6.07, 6.45) is 6.62. The van der Waals surface area contributed by atoms with Gasteiger partial charge in [0.25, 0.3) is 0 Å². The maximum Gasteiger partial charge on any atom is 0.238 e. The van der Waals surface area contributed by atoms with Crippen molar-refractivity contribution in [3.63, 3.8) is 0 Å². The van der Waals surface area contributed by atoms with Crippen molar-refractivity contribution < 1.29 is 9.59 Å². The van der Waals surface area contributed by atoms with Gasteiger partial charge in [0.15, 0.2) is 0 Å². The average molecular weight is 393 g/mol. The zero-order valence-electron chi connectivity index (χ0n) is 15.8. The highest BCUT2D eigenvalue weighted by molar-refractivity contribution is 8.00. The number of nitrogens with zero attached hydrogens (tertiary/aromatic N) is 1. The minimum atomic E-state index is -0.0108. The van der Waals surface area contributed by atoms with E-state index < -0.39 is 0 Å². The van der Waals surface area contributed by atoms with E-state index in [0.717, 1.165) is 49.0 Å². The maximum atomic E-state index is 12.6. The van der Waals surface area contributed by atoms with Gasteiger partial charge in [0.1, 0.15) is 5.37 Å². The fourth-order valence-corrected chi connectivity index (χ4v) is 5.48. The molecule has 1 saturated heterocycles. The zero-order chi connectivity index (χ0) is 19.1. The highest BCUT2D eigenvalue weighted by Gasteiger charge is 2.34. The first-order chi connectivity index (χ1) is 13.7. The third-order valence-electron chi connectivity index (χ3n) is 6.17. The number of carbonyl (C=O) groups is 2. The molecule has 144 valence electrons. The highest BCUT2D eigenvalue weighted by Crippen LogP contribution is 2.43. The summed E-state index contributed by atoms with van der Waals surface area (Å²) in [5, 5.41) is 3.00. The number of rotatable bonds is 4. The molecule has 0 bridgehead atoms. The Bertz CT molecular complexity index is 921. The molecule has 0 spiro atoms. The van der Waals surface area contributed by atoms with Gasteiger partial charge in [-0.3, -0.25) is 14.5 Å². The summed E-state index contributed by atoms with van der Waals surface area (Å²) in [6, 6.07) is 14.5. The first kappa shape index (κ1) is 17.8. The second-order valence-corrected chi connectivity index (χ2v) is 9.04. The summed E-state index contributed by atoms with van der Waals surface area (Å²) in [7, 11) is 0. The Balaban J connectivity index is 1.35. The lowest BCUT2D eigenvalue weighted by atomic mass is 9.85. The van der Waals surface area contributed by atoms with E-state index in [0.29, 0.717) is 5.75 Å². The van der Waals surface area contributed by atoms with Crippen LogP contribution in [-0.4, -0.2) is 17.6 Å². The second kappa shape index (κ2) is 7.28. The van der Waals surface area contributed by atoms with E-state index in [1.54, 1.807) is 11.8 Å². The van der Waals surface area contributed by atoms with Gasteiger partial charge in [0.05, 0.1) is 5.75 Å². The van der Waals surface area contributed by atoms with E-state index in [-0.39, 0.29) is 23.1 Å². The maximum absolute atomic E-state index is 12.6. The van der Waals surface area contributed by atoms with Gasteiger partial charge in [-0.25, -0.2) is 0 Å². The number of benzene rings is 2. The number of amides is 2. The summed E-state index contributed by atoms with van der Waals surface area (Å²) >= 11 is 1.67. The van der Waals surface area contributed by atoms with Crippen LogP contribution in [0.5, 0.6) is 0 Å². The van der Waals surface area contributed by atoms with Crippen molar-refractivity contribution in [3.8, 4) is 0 Å². The van der Waals surface area contributed by atoms with Gasteiger partial charge in [-0.15, -0.1) is 11.8 Å². The molecule has 2 aliphatic carbocycles. The van der Waals surface area contributed by atoms with Crippen LogP contribution >= 0.6 is 11.8 Å². The van der Waals surface area contributed by atoms with E-state index in [2.05, 4.69) is 23.5 Å². The van der Waals surface area contributed by atoms with Crippen molar-refractivity contribution in [1.82, 2.24) is 0 Å². The van der Waals surface area contributed by atoms with Crippen molar-refractivity contribution in [2.45, 2.75) is 43.9 Å². The van der Waals surface area contributed by atoms with Gasteiger partial charge in [0.2, 0.25) is 11.8 Å². The molecule has 3 aliphatic rings. The van der Waals surface area contributed by atoms with Crippen molar-refractivity contribution in [2.75, 3.05) is 16.0 Å². The van der Waals surface area contributed by atoms with Crippen LogP contribution in [0.4, 0.5) is 11.4 Å². The smallest absolute Gasteiger partial charge is 0.238 e. The Morgan fingerprint density at radius 3 is 2.54 bits per heavy atom. The Labute approximate surface area is 169 Å². The molecule has 4 nitrogen and oxygen atoms in total. The van der Waals surface area contributed by atoms with Crippen molar-refractivity contribution in [3.05, 3.63) is 59.2 Å². The second-order valence-electron chi connectivity index (χ2n) is 7.97. The molecule has 28 heavy (non-hydrogen) atoms. The molecule has 1 atom stereocenters. The fraction of sp³-hybridized carbons (Fsp3) is 0.391. The largest absolute Gasteiger partial charge is 0.326 e. The third kappa shape index (κ3) is 3.22. The molecule has 0 radical (unpaired) electrons. The molecule has 1 N–H and O–H groups in total. The lowest BCUT2D eigenvalue weighted by Crippen LogP contribution is -2.28. The molecule has 5 rings (SSSR count). The van der Waals surface area contributed by atoms with Gasteiger partial charge in [-0.1, -0.05) is 24.6 Å². The highest BCUT2D eigenvalue weighted by atomic mass is 32.2. The lowest BCUT2D eigenvalue weighted by molar-refractivity contribution is -0.122. The molecule has 2 amide bonds. The minimum Gasteiger partial charge on any atom is -0.326 e. The van der Waals surface area contributed by atoms with Crippen molar-refractivity contribution >= 4 is 35.0 Å². The molecule has 2 aromatic carbocycles. The number of fused-ring (bicyclic) bond motifs is 1. The SMILES string of the molecule is O=C(Nc1ccc(C2SCC(=O)N2c2ccc3c(c2)CCC3)cc1)C1CCC1. The Kier molecular flexibility index (Phi) is 4.63. The molecule has 1 aliphatic heterocycles. The Morgan fingerprint density at radius 2 is 1.79 bits per heavy atom. The summed E-state index contributed by atoms with van der Waals surface area (Å²) in [4.78, 5) is 26.7. The number of aryl methyl sites for hydroxylation is 2. The van der Waals surface area contributed by atoms with Crippen LogP contribution in [-0.2, 0) is 22.4 Å². The number of anilines is 2. The molecule has 1 saturated carbocycles. The lowest BCUT2D eigenvalue weighted by Gasteiger charge is -2.26. The standard InChI is InChI=1S/C23H24N2O2S/c26-21-14-28-23(25(21)20-12-9-15-3-1-6-18(15)13-20)17-7-10-19(11-8-17)24-22(27)16-4-2-5-16/h7-13,16,23H,1-6,14H2,(H,24,27). The van der Waals surface area contributed by atoms with Gasteiger partial charge in [-0.05, 0) is 73.1 Å². The molecular formula is C23H24N2O2S. The molecule has 1 heterocycles. The number of hydrogen-bond acceptors (Lipinski definition) is 3. The van der Waals surface area contributed by atoms with E-state index in [9.17, 15) is 9.59 Å². The summed E-state index contributed by atoms with van der Waals surface area (Å²) < 4.78 is 0. The number of nitrogens with one attached hydrogen (secondary N) is 1. The molecule has 0 aromatic heterocycles. The van der Waals surface area contributed by atoms with Crippen molar-refractivity contribution in [1.29, 1.82) is 0 Å². The van der Waals surface area contributed by atoms with E-state index in [4.69, 9.17) is 0 Å². The van der Waals surface area contributed by atoms with Gasteiger partial charge < -0.3 is 5.32 Å². The topological polar surface area (TPSA) is 49.4 Å². The van der Waals surface area contributed by atoms with E-state index in [1.807, 2.05) is 29.2 Å². The Morgan fingerprint density at radius 1 is 1.00 bits per heavy atom. The van der Waals surface area contributed by atoms with Crippen LogP contribution in [0.2, 0.25) is 0 Å². The molecule has 1 unspecified atom stereocenters. The van der Waals surface area contributed by atoms with Crippen LogP contribution in [0.1, 0.15) is 47.7 Å². The number of carbonyl (C=O) groups excluding carboxylic acids is 2. The summed E-state index contributed by atoms with van der Waals surface area (Å²) in [6.45, 7) is 0. The van der Waals surface area contributed by atoms with Crippen LogP contribution in [0.15, 0.2) is 42.5 Å². The number of thioether (sulfide) groups is 1. The normalized spacial score (nSPS) is 21.5. The van der Waals surface area contributed by atoms with Crippen LogP contribution in [0.25, 0.3) is 0 Å². The van der Waals surface area contributed by atoms with Gasteiger partial charge in [0, 0.05) is 17.3 Å². The van der Waals surface area contributed by atoms with Gasteiger partial charge >= 0.3 is 0 Å². The first-order valence-corrected chi connectivity index (χ1v) is 11.2. The summed E-state index contributed by atoms with van der Waals surface area (Å²) in [5.41, 5.74) is 5.74. The van der Waals surface area contributed by atoms with Crippen LogP contribution in [0, 0.1) is 5.92 Å². The molecular weight excluding hydrogens is 368 g/mol. The Hall–Kier alpha value is -2.27. The predicted molar refractivity (Wildman–Crippen MR) is 114 cm³/mol. The predicted octanol–water partition coefficient (Wildman–Crippen LogP) is 4.69. The quantitative estimate of drug-likeness (QED) is 0.821. The van der Waals surface area contributed by atoms with Crippen LogP contribution in [0.3, 0.4) is 0 Å². The minimum absolute atomic E-state index is 0.0108. The molecule has 2 fully saturated rings. The zero-order valence-corrected chi connectivity index (χ0v) is 16.6. The van der Waals surface area contributed by atoms with Crippen LogP contribution < -0.4 is 10.2 Å². The monoisotopic (exact) mass is 392 g/mol. The average Bonchev–Trinajstić information content (AvgIpc) is 3.26. The molecule has 2 aromatic rings. The first-order valence-electron chi connectivity index (χ1n) is 10.2. The fourth-order valence-electron chi connectivity index (χ4n) is 4.30. The summed E-state index contributed by atoms with van der Waals surface area (Å²) in [5.74, 6) is 0.972.